The Morgan fingerprint density at radius 2 is 1.74 bits per heavy atom. The molecule has 0 saturated carbocycles. The zero-order chi connectivity index (χ0) is 18.5. The zero-order valence-corrected chi connectivity index (χ0v) is 14.4. The maximum atomic E-state index is 12.2. The molecule has 0 aliphatic carbocycles. The Hall–Kier alpha value is -3.87. The molecular weight excluding hydrogens is 340 g/mol. The maximum Gasteiger partial charge on any atom is 0.247 e. The van der Waals surface area contributed by atoms with Crippen LogP contribution in [0.2, 0.25) is 0 Å². The van der Waals surface area contributed by atoms with Gasteiger partial charge in [0.05, 0.1) is 6.20 Å². The molecule has 0 aliphatic rings. The van der Waals surface area contributed by atoms with E-state index in [9.17, 15) is 4.79 Å². The minimum absolute atomic E-state index is 0.0558. The van der Waals surface area contributed by atoms with Gasteiger partial charge in [-0.3, -0.25) is 9.78 Å². The molecule has 0 unspecified atom stereocenters. The number of amides is 1. The molecule has 1 aromatic carbocycles. The van der Waals surface area contributed by atoms with Gasteiger partial charge in [0.25, 0.3) is 0 Å². The van der Waals surface area contributed by atoms with E-state index in [0.717, 1.165) is 16.7 Å². The van der Waals surface area contributed by atoms with Gasteiger partial charge in [0, 0.05) is 29.7 Å². The normalized spacial score (nSPS) is 10.5. The van der Waals surface area contributed by atoms with E-state index in [4.69, 9.17) is 0 Å². The number of nitrogens with one attached hydrogen (secondary N) is 1. The van der Waals surface area contributed by atoms with Crippen LogP contribution >= 0.6 is 0 Å². The van der Waals surface area contributed by atoms with Gasteiger partial charge in [0.2, 0.25) is 5.91 Å². The van der Waals surface area contributed by atoms with Gasteiger partial charge in [-0.1, -0.05) is 35.5 Å². The number of hydrogen-bond donors (Lipinski definition) is 1. The third-order valence-corrected chi connectivity index (χ3v) is 3.96. The molecule has 0 aliphatic heterocycles. The van der Waals surface area contributed by atoms with Crippen LogP contribution in [-0.2, 0) is 11.3 Å². The van der Waals surface area contributed by atoms with E-state index in [1.54, 1.807) is 30.9 Å². The average Bonchev–Trinajstić information content (AvgIpc) is 3.18. The van der Waals surface area contributed by atoms with Gasteiger partial charge >= 0.3 is 0 Å². The largest absolute Gasteiger partial charge is 0.309 e. The standard InChI is InChI=1S/C20H16N6O/c27-20(14-26-13-18(24-25-26)16-8-10-21-11-9-16)23-19-7-6-17(12-22-19)15-4-2-1-3-5-15/h1-13H,14H2,(H,22,23,27). The zero-order valence-electron chi connectivity index (χ0n) is 14.4. The Bertz CT molecular complexity index is 1030. The first kappa shape index (κ1) is 16.6. The van der Waals surface area contributed by atoms with Gasteiger partial charge in [-0.2, -0.15) is 0 Å². The lowest BCUT2D eigenvalue weighted by Crippen LogP contribution is -2.19. The van der Waals surface area contributed by atoms with Crippen LogP contribution in [0.1, 0.15) is 0 Å². The molecule has 4 aromatic rings. The van der Waals surface area contributed by atoms with E-state index < -0.39 is 0 Å². The first-order valence-corrected chi connectivity index (χ1v) is 8.40. The molecule has 7 heteroatoms. The van der Waals surface area contributed by atoms with Gasteiger partial charge in [-0.15, -0.1) is 5.10 Å². The van der Waals surface area contributed by atoms with E-state index >= 15 is 0 Å². The van der Waals surface area contributed by atoms with Gasteiger partial charge in [-0.05, 0) is 29.8 Å². The first-order valence-electron chi connectivity index (χ1n) is 8.40. The SMILES string of the molecule is O=C(Cn1cc(-c2ccncc2)nn1)Nc1ccc(-c2ccccc2)cn1. The fourth-order valence-corrected chi connectivity index (χ4v) is 2.63. The van der Waals surface area contributed by atoms with Crippen molar-refractivity contribution < 1.29 is 4.79 Å². The predicted molar refractivity (Wildman–Crippen MR) is 102 cm³/mol. The lowest BCUT2D eigenvalue weighted by atomic mass is 10.1. The van der Waals surface area contributed by atoms with E-state index in [-0.39, 0.29) is 12.5 Å². The van der Waals surface area contributed by atoms with Gasteiger partial charge in [0.15, 0.2) is 0 Å². The fourth-order valence-electron chi connectivity index (χ4n) is 2.63. The summed E-state index contributed by atoms with van der Waals surface area (Å²) in [6, 6.07) is 17.3. The van der Waals surface area contributed by atoms with Crippen molar-refractivity contribution in [1.82, 2.24) is 25.0 Å². The highest BCUT2D eigenvalue weighted by Crippen LogP contribution is 2.19. The van der Waals surface area contributed by atoms with Crippen molar-refractivity contribution in [2.24, 2.45) is 0 Å². The Morgan fingerprint density at radius 3 is 2.48 bits per heavy atom. The van der Waals surface area contributed by atoms with Crippen LogP contribution in [-0.4, -0.2) is 30.9 Å². The summed E-state index contributed by atoms with van der Waals surface area (Å²) in [6.45, 7) is 0.0558. The molecule has 4 rings (SSSR count). The number of benzene rings is 1. The van der Waals surface area contributed by atoms with E-state index in [0.29, 0.717) is 11.5 Å². The molecular formula is C20H16N6O. The second kappa shape index (κ2) is 7.57. The lowest BCUT2D eigenvalue weighted by Gasteiger charge is -2.06. The predicted octanol–water partition coefficient (Wildman–Crippen LogP) is 3.04. The van der Waals surface area contributed by atoms with Crippen LogP contribution in [0.25, 0.3) is 22.4 Å². The third-order valence-electron chi connectivity index (χ3n) is 3.96. The molecule has 7 nitrogen and oxygen atoms in total. The molecule has 132 valence electrons. The van der Waals surface area contributed by atoms with Crippen LogP contribution in [0.5, 0.6) is 0 Å². The van der Waals surface area contributed by atoms with E-state index in [1.807, 2.05) is 48.5 Å². The van der Waals surface area contributed by atoms with E-state index in [1.165, 1.54) is 4.68 Å². The minimum atomic E-state index is -0.221. The lowest BCUT2D eigenvalue weighted by molar-refractivity contribution is -0.116. The molecule has 3 aromatic heterocycles. The van der Waals surface area contributed by atoms with Crippen molar-refractivity contribution in [2.45, 2.75) is 6.54 Å². The summed E-state index contributed by atoms with van der Waals surface area (Å²) in [5.74, 6) is 0.273. The molecule has 0 spiro atoms. The summed E-state index contributed by atoms with van der Waals surface area (Å²) in [5.41, 5.74) is 3.66. The number of pyridine rings is 2. The third kappa shape index (κ3) is 4.04. The van der Waals surface area contributed by atoms with Crippen LogP contribution in [0.15, 0.2) is 79.4 Å². The van der Waals surface area contributed by atoms with Crippen molar-refractivity contribution in [1.29, 1.82) is 0 Å². The fraction of sp³-hybridized carbons (Fsp3) is 0.0500. The molecule has 0 atom stereocenters. The quantitative estimate of drug-likeness (QED) is 0.594. The van der Waals surface area contributed by atoms with Crippen molar-refractivity contribution in [3.05, 3.63) is 79.4 Å². The average molecular weight is 356 g/mol. The first-order chi connectivity index (χ1) is 13.3. The molecule has 0 bridgehead atoms. The monoisotopic (exact) mass is 356 g/mol. The topological polar surface area (TPSA) is 85.6 Å². The minimum Gasteiger partial charge on any atom is -0.309 e. The van der Waals surface area contributed by atoms with Gasteiger partial charge < -0.3 is 5.32 Å². The van der Waals surface area contributed by atoms with Crippen molar-refractivity contribution in [2.75, 3.05) is 5.32 Å². The number of carbonyl (C=O) groups is 1. The van der Waals surface area contributed by atoms with Crippen molar-refractivity contribution in [3.63, 3.8) is 0 Å². The van der Waals surface area contributed by atoms with E-state index in [2.05, 4.69) is 25.6 Å². The molecule has 0 radical (unpaired) electrons. The summed E-state index contributed by atoms with van der Waals surface area (Å²) in [6.07, 6.45) is 6.83. The molecule has 1 N–H and O–H groups in total. The van der Waals surface area contributed by atoms with Crippen molar-refractivity contribution in [3.8, 4) is 22.4 Å². The number of hydrogen-bond acceptors (Lipinski definition) is 5. The molecule has 3 heterocycles. The summed E-state index contributed by atoms with van der Waals surface area (Å²) < 4.78 is 1.49. The number of nitrogens with zero attached hydrogens (tertiary/aromatic N) is 5. The summed E-state index contributed by atoms with van der Waals surface area (Å²) in [4.78, 5) is 20.5. The summed E-state index contributed by atoms with van der Waals surface area (Å²) in [5, 5.41) is 10.8. The number of rotatable bonds is 5. The Labute approximate surface area is 155 Å². The molecule has 27 heavy (non-hydrogen) atoms. The highest BCUT2D eigenvalue weighted by molar-refractivity contribution is 5.89. The van der Waals surface area contributed by atoms with Gasteiger partial charge in [-0.25, -0.2) is 9.67 Å². The molecule has 0 saturated heterocycles. The van der Waals surface area contributed by atoms with Crippen LogP contribution in [0.4, 0.5) is 5.82 Å². The Balaban J connectivity index is 1.39. The molecule has 0 fully saturated rings. The maximum absolute atomic E-state index is 12.2. The Kier molecular flexibility index (Phi) is 4.65. The van der Waals surface area contributed by atoms with Crippen molar-refractivity contribution >= 4 is 11.7 Å². The second-order valence-corrected chi connectivity index (χ2v) is 5.88. The van der Waals surface area contributed by atoms with Crippen LogP contribution in [0.3, 0.4) is 0 Å². The summed E-state index contributed by atoms with van der Waals surface area (Å²) >= 11 is 0. The summed E-state index contributed by atoms with van der Waals surface area (Å²) in [7, 11) is 0. The Morgan fingerprint density at radius 1 is 0.926 bits per heavy atom. The molecule has 1 amide bonds. The number of anilines is 1. The van der Waals surface area contributed by atoms with Crippen LogP contribution in [0, 0.1) is 0 Å². The van der Waals surface area contributed by atoms with Gasteiger partial charge in [0.1, 0.15) is 18.1 Å². The number of carbonyl (C=O) groups excluding carboxylic acids is 1. The second-order valence-electron chi connectivity index (χ2n) is 5.88. The number of aromatic nitrogens is 5. The smallest absolute Gasteiger partial charge is 0.247 e. The highest BCUT2D eigenvalue weighted by Gasteiger charge is 2.08. The highest BCUT2D eigenvalue weighted by atomic mass is 16.2. The van der Waals surface area contributed by atoms with Crippen LogP contribution < -0.4 is 5.32 Å².